The lowest BCUT2D eigenvalue weighted by molar-refractivity contribution is 0.0383. The minimum Gasteiger partial charge on any atom is -0.303 e. The summed E-state index contributed by atoms with van der Waals surface area (Å²) in [6.45, 7) is 3.49. The van der Waals surface area contributed by atoms with Crippen molar-refractivity contribution in [2.45, 2.75) is 32.2 Å². The molecule has 1 unspecified atom stereocenters. The monoisotopic (exact) mass is 249 g/mol. The maximum Gasteiger partial charge on any atom is 0.260 e. The third-order valence-electron chi connectivity index (χ3n) is 2.70. The summed E-state index contributed by atoms with van der Waals surface area (Å²) >= 11 is 0. The van der Waals surface area contributed by atoms with Gasteiger partial charge in [0.05, 0.1) is 0 Å². The molecule has 0 aliphatic carbocycles. The number of hydrogen-bond acceptors (Lipinski definition) is 1. The van der Waals surface area contributed by atoms with Crippen LogP contribution in [0.4, 0.5) is 17.6 Å². The van der Waals surface area contributed by atoms with E-state index in [1.165, 1.54) is 13.0 Å². The van der Waals surface area contributed by atoms with Crippen LogP contribution in [0.5, 0.6) is 0 Å². The van der Waals surface area contributed by atoms with E-state index >= 15 is 0 Å². The van der Waals surface area contributed by atoms with Crippen molar-refractivity contribution >= 4 is 0 Å². The van der Waals surface area contributed by atoms with Gasteiger partial charge in [0, 0.05) is 0 Å². The van der Waals surface area contributed by atoms with Crippen LogP contribution < -0.4 is 5.32 Å². The highest BCUT2D eigenvalue weighted by Crippen LogP contribution is 2.29. The van der Waals surface area contributed by atoms with Crippen LogP contribution in [0.3, 0.4) is 0 Å². The van der Waals surface area contributed by atoms with Gasteiger partial charge in [0.1, 0.15) is 5.54 Å². The van der Waals surface area contributed by atoms with E-state index in [-0.39, 0.29) is 5.56 Å². The van der Waals surface area contributed by atoms with Crippen LogP contribution in [0.15, 0.2) is 18.2 Å². The van der Waals surface area contributed by atoms with Crippen molar-refractivity contribution < 1.29 is 17.6 Å². The molecule has 5 heteroatoms. The standard InChI is InChI=1S/C12H15F4N/c1-3-6-17-12(2,11(15)16)8-4-5-9(13)10(14)7-8/h4-5,7,11,17H,3,6H2,1-2H3. The molecule has 1 nitrogen and oxygen atoms in total. The lowest BCUT2D eigenvalue weighted by atomic mass is 9.92. The average Bonchev–Trinajstić information content (AvgIpc) is 2.29. The van der Waals surface area contributed by atoms with Crippen molar-refractivity contribution in [3.05, 3.63) is 35.4 Å². The molecule has 0 radical (unpaired) electrons. The van der Waals surface area contributed by atoms with Gasteiger partial charge in [-0.3, -0.25) is 0 Å². The highest BCUT2D eigenvalue weighted by molar-refractivity contribution is 5.26. The molecular weight excluding hydrogens is 234 g/mol. The SMILES string of the molecule is CCCNC(C)(c1ccc(F)c(F)c1)C(F)F. The molecule has 0 aliphatic heterocycles. The Balaban J connectivity index is 3.08. The minimum atomic E-state index is -2.71. The average molecular weight is 249 g/mol. The van der Waals surface area contributed by atoms with Crippen molar-refractivity contribution in [2.75, 3.05) is 6.54 Å². The highest BCUT2D eigenvalue weighted by Gasteiger charge is 2.36. The third kappa shape index (κ3) is 2.97. The molecule has 17 heavy (non-hydrogen) atoms. The predicted octanol–water partition coefficient (Wildman–Crippen LogP) is 3.44. The van der Waals surface area contributed by atoms with Gasteiger partial charge in [0.15, 0.2) is 11.6 Å². The Labute approximate surface area is 97.8 Å². The lowest BCUT2D eigenvalue weighted by Gasteiger charge is -2.30. The first-order valence-electron chi connectivity index (χ1n) is 5.40. The molecule has 0 saturated carbocycles. The summed E-state index contributed by atoms with van der Waals surface area (Å²) in [5.74, 6) is -2.16. The summed E-state index contributed by atoms with van der Waals surface area (Å²) in [5.41, 5.74) is -1.62. The molecule has 0 amide bonds. The minimum absolute atomic E-state index is 0.0415. The Morgan fingerprint density at radius 3 is 2.35 bits per heavy atom. The number of alkyl halides is 2. The van der Waals surface area contributed by atoms with Gasteiger partial charge >= 0.3 is 0 Å². The van der Waals surface area contributed by atoms with Crippen molar-refractivity contribution in [2.24, 2.45) is 0 Å². The van der Waals surface area contributed by atoms with E-state index in [1.807, 2.05) is 6.92 Å². The topological polar surface area (TPSA) is 12.0 Å². The molecule has 0 fully saturated rings. The Bertz CT molecular complexity index is 381. The van der Waals surface area contributed by atoms with Gasteiger partial charge in [-0.15, -0.1) is 0 Å². The molecule has 0 aliphatic rings. The Morgan fingerprint density at radius 1 is 1.24 bits per heavy atom. The largest absolute Gasteiger partial charge is 0.303 e. The molecule has 1 aromatic carbocycles. The van der Waals surface area contributed by atoms with Crippen LogP contribution in [-0.2, 0) is 5.54 Å². The molecule has 0 aromatic heterocycles. The summed E-state index contributed by atoms with van der Waals surface area (Å²) in [5, 5.41) is 2.67. The fraction of sp³-hybridized carbons (Fsp3) is 0.500. The van der Waals surface area contributed by atoms with Gasteiger partial charge in [-0.25, -0.2) is 17.6 Å². The summed E-state index contributed by atoms with van der Waals surface area (Å²) < 4.78 is 51.9. The fourth-order valence-electron chi connectivity index (χ4n) is 1.51. The normalized spacial score (nSPS) is 15.0. The number of halogens is 4. The predicted molar refractivity (Wildman–Crippen MR) is 58.0 cm³/mol. The van der Waals surface area contributed by atoms with E-state index in [9.17, 15) is 17.6 Å². The maximum atomic E-state index is 13.0. The first kappa shape index (κ1) is 14.0. The van der Waals surface area contributed by atoms with E-state index in [2.05, 4.69) is 5.32 Å². The van der Waals surface area contributed by atoms with Gasteiger partial charge in [0.25, 0.3) is 6.43 Å². The fourth-order valence-corrected chi connectivity index (χ4v) is 1.51. The van der Waals surface area contributed by atoms with Gasteiger partial charge < -0.3 is 5.32 Å². The van der Waals surface area contributed by atoms with Crippen molar-refractivity contribution in [3.8, 4) is 0 Å². The first-order chi connectivity index (χ1) is 7.91. The smallest absolute Gasteiger partial charge is 0.260 e. The molecule has 96 valence electrons. The lowest BCUT2D eigenvalue weighted by Crippen LogP contribution is -2.46. The van der Waals surface area contributed by atoms with Gasteiger partial charge in [0.2, 0.25) is 0 Å². The van der Waals surface area contributed by atoms with Gasteiger partial charge in [-0.2, -0.15) is 0 Å². The number of benzene rings is 1. The molecule has 0 spiro atoms. The van der Waals surface area contributed by atoms with Crippen LogP contribution in [0.25, 0.3) is 0 Å². The third-order valence-corrected chi connectivity index (χ3v) is 2.70. The quantitative estimate of drug-likeness (QED) is 0.788. The van der Waals surface area contributed by atoms with E-state index < -0.39 is 23.6 Å². The summed E-state index contributed by atoms with van der Waals surface area (Å²) in [7, 11) is 0. The second-order valence-electron chi connectivity index (χ2n) is 4.06. The zero-order chi connectivity index (χ0) is 13.1. The van der Waals surface area contributed by atoms with Crippen LogP contribution in [0.1, 0.15) is 25.8 Å². The number of nitrogens with one attached hydrogen (secondary N) is 1. The molecule has 0 heterocycles. The molecule has 0 saturated heterocycles. The summed E-state index contributed by atoms with van der Waals surface area (Å²) in [6, 6.07) is 2.84. The van der Waals surface area contributed by atoms with Crippen LogP contribution in [0, 0.1) is 11.6 Å². The van der Waals surface area contributed by atoms with Crippen molar-refractivity contribution in [3.63, 3.8) is 0 Å². The molecule has 1 N–H and O–H groups in total. The zero-order valence-corrected chi connectivity index (χ0v) is 9.74. The molecule has 1 aromatic rings. The van der Waals surface area contributed by atoms with Crippen LogP contribution in [-0.4, -0.2) is 13.0 Å². The van der Waals surface area contributed by atoms with Crippen molar-refractivity contribution in [1.29, 1.82) is 0 Å². The first-order valence-corrected chi connectivity index (χ1v) is 5.40. The summed E-state index contributed by atoms with van der Waals surface area (Å²) in [6.07, 6.45) is -2.04. The molecule has 1 atom stereocenters. The molecule has 0 bridgehead atoms. The number of rotatable bonds is 5. The van der Waals surface area contributed by atoms with Crippen molar-refractivity contribution in [1.82, 2.24) is 5.32 Å². The number of hydrogen-bond donors (Lipinski definition) is 1. The second kappa shape index (κ2) is 5.49. The Morgan fingerprint density at radius 2 is 1.88 bits per heavy atom. The molecular formula is C12H15F4N. The van der Waals surface area contributed by atoms with Crippen LogP contribution in [0.2, 0.25) is 0 Å². The Hall–Kier alpha value is -1.10. The van der Waals surface area contributed by atoms with E-state index in [1.54, 1.807) is 0 Å². The second-order valence-corrected chi connectivity index (χ2v) is 4.06. The Kier molecular flexibility index (Phi) is 4.51. The van der Waals surface area contributed by atoms with E-state index in [0.717, 1.165) is 12.1 Å². The maximum absolute atomic E-state index is 13.0. The van der Waals surface area contributed by atoms with E-state index in [4.69, 9.17) is 0 Å². The zero-order valence-electron chi connectivity index (χ0n) is 9.74. The van der Waals surface area contributed by atoms with Crippen LogP contribution >= 0.6 is 0 Å². The summed E-state index contributed by atoms with van der Waals surface area (Å²) in [4.78, 5) is 0. The molecule has 1 rings (SSSR count). The van der Waals surface area contributed by atoms with Gasteiger partial charge in [-0.1, -0.05) is 13.0 Å². The highest BCUT2D eigenvalue weighted by atomic mass is 19.3. The van der Waals surface area contributed by atoms with Gasteiger partial charge in [-0.05, 0) is 37.6 Å². The van der Waals surface area contributed by atoms with E-state index in [0.29, 0.717) is 13.0 Å².